The Morgan fingerprint density at radius 3 is 2.36 bits per heavy atom. The second-order valence-corrected chi connectivity index (χ2v) is 8.83. The molecule has 2 unspecified atom stereocenters. The smallest absolute Gasteiger partial charge is 0.471 e. The number of rotatable bonds is 3. The summed E-state index contributed by atoms with van der Waals surface area (Å²) in [5.41, 5.74) is 2.37. The number of ether oxygens (including phenoxy) is 1. The van der Waals surface area contributed by atoms with E-state index in [0.29, 0.717) is 34.0 Å². The molecule has 0 saturated heterocycles. The van der Waals surface area contributed by atoms with Gasteiger partial charge in [-0.25, -0.2) is 0 Å². The van der Waals surface area contributed by atoms with Crippen molar-refractivity contribution in [2.24, 2.45) is 0 Å². The van der Waals surface area contributed by atoms with E-state index in [2.05, 4.69) is 5.32 Å². The summed E-state index contributed by atoms with van der Waals surface area (Å²) >= 11 is 0. The highest BCUT2D eigenvalue weighted by atomic mass is 19.4. The second-order valence-electron chi connectivity index (χ2n) is 8.83. The van der Waals surface area contributed by atoms with Crippen LogP contribution >= 0.6 is 0 Å². The molecule has 3 aromatic carbocycles. The average Bonchev–Trinajstić information content (AvgIpc) is 3.02. The zero-order valence-electron chi connectivity index (χ0n) is 19.4. The Labute approximate surface area is 206 Å². The number of alkyl halides is 3. The Balaban J connectivity index is 1.75. The molecule has 2 aliphatic rings. The topological polar surface area (TPSA) is 58.6 Å². The molecular formula is C28H23F3N2O3. The van der Waals surface area contributed by atoms with Gasteiger partial charge in [-0.05, 0) is 47.7 Å². The quantitative estimate of drug-likeness (QED) is 0.476. The van der Waals surface area contributed by atoms with Gasteiger partial charge in [0.1, 0.15) is 5.75 Å². The molecule has 0 bridgehead atoms. The lowest BCUT2D eigenvalue weighted by Gasteiger charge is -2.35. The molecule has 3 aromatic rings. The number of hydrogen-bond acceptors (Lipinski definition) is 4. The van der Waals surface area contributed by atoms with Crippen molar-refractivity contribution in [3.8, 4) is 5.75 Å². The Bertz CT molecular complexity index is 1350. The van der Waals surface area contributed by atoms with Gasteiger partial charge in [0.25, 0.3) is 0 Å². The van der Waals surface area contributed by atoms with E-state index in [0.717, 1.165) is 5.56 Å². The van der Waals surface area contributed by atoms with Gasteiger partial charge in [0.15, 0.2) is 5.78 Å². The number of hydrogen-bond donors (Lipinski definition) is 1. The third kappa shape index (κ3) is 4.23. The van der Waals surface area contributed by atoms with Crippen LogP contribution in [-0.2, 0) is 9.59 Å². The fourth-order valence-electron chi connectivity index (χ4n) is 5.04. The number of fused-ring (bicyclic) bond motifs is 1. The zero-order chi connectivity index (χ0) is 25.4. The highest BCUT2D eigenvalue weighted by molar-refractivity contribution is 6.07. The number of anilines is 2. The van der Waals surface area contributed by atoms with Crippen LogP contribution in [0.5, 0.6) is 5.75 Å². The minimum Gasteiger partial charge on any atom is -0.497 e. The summed E-state index contributed by atoms with van der Waals surface area (Å²) in [6.45, 7) is 0. The van der Waals surface area contributed by atoms with Crippen molar-refractivity contribution in [3.63, 3.8) is 0 Å². The van der Waals surface area contributed by atoms with Crippen molar-refractivity contribution in [2.75, 3.05) is 17.3 Å². The van der Waals surface area contributed by atoms with Gasteiger partial charge in [-0.2, -0.15) is 13.2 Å². The first kappa shape index (κ1) is 23.7. The lowest BCUT2D eigenvalue weighted by molar-refractivity contribution is -0.170. The number of allylic oxidation sites excluding steroid dienone is 1. The fourth-order valence-corrected chi connectivity index (χ4v) is 5.04. The molecule has 0 fully saturated rings. The van der Waals surface area contributed by atoms with Gasteiger partial charge in [-0.3, -0.25) is 14.5 Å². The van der Waals surface area contributed by atoms with E-state index in [-0.39, 0.29) is 29.4 Å². The molecule has 5 rings (SSSR count). The molecule has 1 heterocycles. The molecule has 8 heteroatoms. The van der Waals surface area contributed by atoms with E-state index in [1.807, 2.05) is 30.3 Å². The van der Waals surface area contributed by atoms with Crippen LogP contribution in [0.3, 0.4) is 0 Å². The van der Waals surface area contributed by atoms with E-state index >= 15 is 0 Å². The van der Waals surface area contributed by atoms with Crippen LogP contribution < -0.4 is 15.0 Å². The predicted octanol–water partition coefficient (Wildman–Crippen LogP) is 6.16. The molecule has 1 amide bonds. The molecular weight excluding hydrogens is 469 g/mol. The van der Waals surface area contributed by atoms with Gasteiger partial charge in [0.2, 0.25) is 0 Å². The van der Waals surface area contributed by atoms with Crippen molar-refractivity contribution < 1.29 is 27.5 Å². The number of benzene rings is 3. The minimum atomic E-state index is -5.15. The van der Waals surface area contributed by atoms with E-state index in [9.17, 15) is 22.8 Å². The van der Waals surface area contributed by atoms with Gasteiger partial charge in [-0.1, -0.05) is 54.6 Å². The van der Waals surface area contributed by atoms with E-state index < -0.39 is 18.1 Å². The summed E-state index contributed by atoms with van der Waals surface area (Å²) < 4.78 is 47.2. The van der Waals surface area contributed by atoms with Crippen molar-refractivity contribution in [1.82, 2.24) is 0 Å². The largest absolute Gasteiger partial charge is 0.497 e. The molecule has 0 spiro atoms. The number of Topliss-reactive ketones (excluding diaryl/α,β-unsaturated/α-hetero) is 1. The average molecular weight is 492 g/mol. The fraction of sp³-hybridized carbons (Fsp3) is 0.214. The zero-order valence-corrected chi connectivity index (χ0v) is 19.4. The van der Waals surface area contributed by atoms with Crippen LogP contribution in [0.4, 0.5) is 24.5 Å². The normalized spacial score (nSPS) is 19.7. The molecule has 1 N–H and O–H groups in total. The molecule has 0 radical (unpaired) electrons. The van der Waals surface area contributed by atoms with Crippen LogP contribution in [0.1, 0.15) is 35.9 Å². The van der Waals surface area contributed by atoms with Gasteiger partial charge in [0, 0.05) is 17.7 Å². The summed E-state index contributed by atoms with van der Waals surface area (Å²) in [7, 11) is 1.45. The van der Waals surface area contributed by atoms with Gasteiger partial charge >= 0.3 is 12.1 Å². The van der Waals surface area contributed by atoms with Gasteiger partial charge < -0.3 is 10.1 Å². The van der Waals surface area contributed by atoms with Crippen molar-refractivity contribution >= 4 is 23.1 Å². The number of ketones is 1. The predicted molar refractivity (Wildman–Crippen MR) is 130 cm³/mol. The van der Waals surface area contributed by atoms with E-state index in [4.69, 9.17) is 4.74 Å². The Morgan fingerprint density at radius 1 is 0.944 bits per heavy atom. The molecule has 1 aliphatic carbocycles. The first-order valence-corrected chi connectivity index (χ1v) is 11.5. The lowest BCUT2D eigenvalue weighted by atomic mass is 9.78. The molecule has 2 atom stereocenters. The van der Waals surface area contributed by atoms with E-state index in [1.165, 1.54) is 13.2 Å². The first-order valence-electron chi connectivity index (χ1n) is 11.5. The second kappa shape index (κ2) is 9.18. The maximum Gasteiger partial charge on any atom is 0.471 e. The number of carbonyl (C=O) groups is 2. The Kier molecular flexibility index (Phi) is 6.04. The third-order valence-electron chi connectivity index (χ3n) is 6.63. The van der Waals surface area contributed by atoms with Crippen LogP contribution in [0.2, 0.25) is 0 Å². The third-order valence-corrected chi connectivity index (χ3v) is 6.63. The Hall–Kier alpha value is -4.07. The summed E-state index contributed by atoms with van der Waals surface area (Å²) in [5.74, 6) is -2.09. The van der Waals surface area contributed by atoms with Gasteiger partial charge in [-0.15, -0.1) is 0 Å². The lowest BCUT2D eigenvalue weighted by Crippen LogP contribution is -2.45. The number of methoxy groups -OCH3 is 1. The number of nitrogens with zero attached hydrogens (tertiary/aromatic N) is 1. The van der Waals surface area contributed by atoms with Crippen LogP contribution in [-0.4, -0.2) is 25.0 Å². The molecule has 184 valence electrons. The Morgan fingerprint density at radius 2 is 1.64 bits per heavy atom. The van der Waals surface area contributed by atoms with Crippen molar-refractivity contribution in [1.29, 1.82) is 0 Å². The number of nitrogens with one attached hydrogen (secondary N) is 1. The van der Waals surface area contributed by atoms with Crippen LogP contribution in [0.15, 0.2) is 90.1 Å². The SMILES string of the molecule is COc1cccc(C2C3=C(CC(c4ccccc4)CC3=O)Nc3ccccc3N2C(=O)C(F)(F)F)c1. The number of amides is 1. The molecule has 0 aromatic heterocycles. The van der Waals surface area contributed by atoms with Crippen molar-refractivity contribution in [3.05, 3.63) is 101 Å². The number of carbonyl (C=O) groups excluding carboxylic acids is 2. The summed E-state index contributed by atoms with van der Waals surface area (Å²) in [5, 5.41) is 3.22. The van der Waals surface area contributed by atoms with Crippen LogP contribution in [0, 0.1) is 0 Å². The van der Waals surface area contributed by atoms with E-state index in [1.54, 1.807) is 42.5 Å². The summed E-state index contributed by atoms with van der Waals surface area (Å²) in [6, 6.07) is 21.0. The molecule has 36 heavy (non-hydrogen) atoms. The molecule has 0 saturated carbocycles. The van der Waals surface area contributed by atoms with Crippen LogP contribution in [0.25, 0.3) is 0 Å². The first-order chi connectivity index (χ1) is 17.3. The standard InChI is InChI=1S/C28H23F3N2O3/c1-36-20-11-7-10-18(14-20)26-25-22(15-19(16-24(25)34)17-8-3-2-4-9-17)32-21-12-5-6-13-23(21)33(26)27(35)28(29,30)31/h2-14,19,26,32H,15-16H2,1H3. The highest BCUT2D eigenvalue weighted by Gasteiger charge is 2.50. The molecule has 5 nitrogen and oxygen atoms in total. The minimum absolute atomic E-state index is 0.0473. The maximum absolute atomic E-state index is 14.0. The maximum atomic E-state index is 14.0. The van der Waals surface area contributed by atoms with Crippen molar-refractivity contribution in [2.45, 2.75) is 31.0 Å². The summed E-state index contributed by atoms with van der Waals surface area (Å²) in [6.07, 6.45) is -4.62. The molecule has 1 aliphatic heterocycles. The summed E-state index contributed by atoms with van der Waals surface area (Å²) in [4.78, 5) is 27.4. The monoisotopic (exact) mass is 492 g/mol. The highest BCUT2D eigenvalue weighted by Crippen LogP contribution is 2.48. The number of para-hydroxylation sites is 2. The number of halogens is 3. The van der Waals surface area contributed by atoms with Gasteiger partial charge in [0.05, 0.1) is 24.5 Å².